The average molecular weight is 284 g/mol. The summed E-state index contributed by atoms with van der Waals surface area (Å²) in [6.45, 7) is 1.54. The monoisotopic (exact) mass is 284 g/mol. The van der Waals surface area contributed by atoms with Crippen LogP contribution in [0.25, 0.3) is 0 Å². The van der Waals surface area contributed by atoms with Gasteiger partial charge in [-0.15, -0.1) is 0 Å². The van der Waals surface area contributed by atoms with Crippen LogP contribution >= 0.6 is 0 Å². The number of rotatable bonds is 3. The highest BCUT2D eigenvalue weighted by molar-refractivity contribution is 5.88. The molecule has 0 aromatic heterocycles. The summed E-state index contributed by atoms with van der Waals surface area (Å²) in [6, 6.07) is 8.83. The Hall–Kier alpha value is -1.51. The smallest absolute Gasteiger partial charge is 0.221 e. The molecule has 112 valence electrons. The number of benzene rings is 1. The van der Waals surface area contributed by atoms with Crippen LogP contribution in [0.2, 0.25) is 0 Å². The standard InChI is InChI=1S/C18H24N2O/c1-11(21)19-16-2-4-17(5-3-16)20-18-14-7-12-6-13(9-14)10-15(18)8-12/h2-5,12-15,18,20H,6-10H2,1H3,(H,19,21). The quantitative estimate of drug-likeness (QED) is 0.884. The predicted molar refractivity (Wildman–Crippen MR) is 85.2 cm³/mol. The van der Waals surface area contributed by atoms with Crippen molar-refractivity contribution in [2.24, 2.45) is 23.7 Å². The number of nitrogens with one attached hydrogen (secondary N) is 2. The molecule has 0 saturated heterocycles. The number of anilines is 2. The van der Waals surface area contributed by atoms with E-state index in [1.807, 2.05) is 12.1 Å². The maximum atomic E-state index is 11.1. The summed E-state index contributed by atoms with van der Waals surface area (Å²) in [5.74, 6) is 3.80. The molecule has 0 unspecified atom stereocenters. The van der Waals surface area contributed by atoms with E-state index in [4.69, 9.17) is 0 Å². The number of hydrogen-bond acceptors (Lipinski definition) is 2. The van der Waals surface area contributed by atoms with Crippen molar-refractivity contribution < 1.29 is 4.79 Å². The van der Waals surface area contributed by atoms with E-state index >= 15 is 0 Å². The van der Waals surface area contributed by atoms with Crippen molar-refractivity contribution in [2.75, 3.05) is 10.6 Å². The Labute approximate surface area is 126 Å². The molecule has 0 spiro atoms. The molecule has 3 nitrogen and oxygen atoms in total. The van der Waals surface area contributed by atoms with Crippen molar-refractivity contribution in [2.45, 2.75) is 45.1 Å². The lowest BCUT2D eigenvalue weighted by Crippen LogP contribution is -2.51. The van der Waals surface area contributed by atoms with Gasteiger partial charge >= 0.3 is 0 Å². The minimum atomic E-state index is -0.0169. The van der Waals surface area contributed by atoms with Crippen LogP contribution in [0.3, 0.4) is 0 Å². The molecule has 5 rings (SSSR count). The summed E-state index contributed by atoms with van der Waals surface area (Å²) in [5, 5.41) is 6.61. The SMILES string of the molecule is CC(=O)Nc1ccc(NC2C3CC4CC(C3)CC2C4)cc1. The molecule has 4 aliphatic carbocycles. The summed E-state index contributed by atoms with van der Waals surface area (Å²) in [7, 11) is 0. The molecule has 1 aromatic carbocycles. The Kier molecular flexibility index (Phi) is 3.16. The summed E-state index contributed by atoms with van der Waals surface area (Å²) in [6.07, 6.45) is 7.26. The van der Waals surface area contributed by atoms with Gasteiger partial charge in [-0.1, -0.05) is 0 Å². The van der Waals surface area contributed by atoms with Gasteiger partial charge in [-0.3, -0.25) is 4.79 Å². The second kappa shape index (κ2) is 5.04. The number of amides is 1. The summed E-state index contributed by atoms with van der Waals surface area (Å²) in [4.78, 5) is 11.1. The lowest BCUT2D eigenvalue weighted by Gasteiger charge is -2.54. The molecule has 0 heterocycles. The fraction of sp³-hybridized carbons (Fsp3) is 0.611. The zero-order chi connectivity index (χ0) is 14.4. The van der Waals surface area contributed by atoms with E-state index in [1.165, 1.54) is 37.8 Å². The molecule has 4 aliphatic rings. The van der Waals surface area contributed by atoms with Gasteiger partial charge in [0.05, 0.1) is 0 Å². The van der Waals surface area contributed by atoms with Gasteiger partial charge in [-0.05, 0) is 80.0 Å². The highest BCUT2D eigenvalue weighted by Gasteiger charge is 2.48. The predicted octanol–water partition coefficient (Wildman–Crippen LogP) is 3.88. The molecule has 4 saturated carbocycles. The molecule has 0 atom stereocenters. The van der Waals surface area contributed by atoms with Crippen LogP contribution in [0.1, 0.15) is 39.0 Å². The van der Waals surface area contributed by atoms with Crippen molar-refractivity contribution in [1.82, 2.24) is 0 Å². The van der Waals surface area contributed by atoms with Crippen molar-refractivity contribution in [3.05, 3.63) is 24.3 Å². The van der Waals surface area contributed by atoms with E-state index in [2.05, 4.69) is 22.8 Å². The Balaban J connectivity index is 1.45. The van der Waals surface area contributed by atoms with Crippen LogP contribution in [-0.2, 0) is 4.79 Å². The number of hydrogen-bond donors (Lipinski definition) is 2. The molecule has 4 bridgehead atoms. The third-order valence-electron chi connectivity index (χ3n) is 5.77. The molecular formula is C18H24N2O. The van der Waals surface area contributed by atoms with Gasteiger partial charge in [0.2, 0.25) is 5.91 Å². The normalized spacial score (nSPS) is 36.5. The Morgan fingerprint density at radius 2 is 1.43 bits per heavy atom. The minimum Gasteiger partial charge on any atom is -0.382 e. The lowest BCUT2D eigenvalue weighted by molar-refractivity contribution is -0.114. The zero-order valence-corrected chi connectivity index (χ0v) is 12.6. The highest BCUT2D eigenvalue weighted by atomic mass is 16.1. The van der Waals surface area contributed by atoms with Crippen LogP contribution in [0.15, 0.2) is 24.3 Å². The maximum absolute atomic E-state index is 11.1. The van der Waals surface area contributed by atoms with E-state index < -0.39 is 0 Å². The van der Waals surface area contributed by atoms with Gasteiger partial charge in [0.25, 0.3) is 0 Å². The van der Waals surface area contributed by atoms with Crippen molar-refractivity contribution in [3.63, 3.8) is 0 Å². The minimum absolute atomic E-state index is 0.0169. The van der Waals surface area contributed by atoms with E-state index in [1.54, 1.807) is 6.92 Å². The molecule has 0 aliphatic heterocycles. The molecule has 2 N–H and O–H groups in total. The van der Waals surface area contributed by atoms with E-state index in [-0.39, 0.29) is 5.91 Å². The first-order valence-electron chi connectivity index (χ1n) is 8.31. The lowest BCUT2D eigenvalue weighted by atomic mass is 9.54. The molecule has 3 heteroatoms. The van der Waals surface area contributed by atoms with E-state index in [0.29, 0.717) is 6.04 Å². The number of carbonyl (C=O) groups is 1. The van der Waals surface area contributed by atoms with Gasteiger partial charge in [0.1, 0.15) is 0 Å². The number of carbonyl (C=O) groups excluding carboxylic acids is 1. The molecule has 0 radical (unpaired) electrons. The van der Waals surface area contributed by atoms with Crippen LogP contribution < -0.4 is 10.6 Å². The largest absolute Gasteiger partial charge is 0.382 e. The van der Waals surface area contributed by atoms with Gasteiger partial charge in [-0.25, -0.2) is 0 Å². The van der Waals surface area contributed by atoms with Gasteiger partial charge in [-0.2, -0.15) is 0 Å². The molecule has 21 heavy (non-hydrogen) atoms. The third kappa shape index (κ3) is 2.54. The van der Waals surface area contributed by atoms with Crippen LogP contribution in [-0.4, -0.2) is 11.9 Å². The van der Waals surface area contributed by atoms with E-state index in [0.717, 1.165) is 29.4 Å². The van der Waals surface area contributed by atoms with Crippen molar-refractivity contribution >= 4 is 17.3 Å². The van der Waals surface area contributed by atoms with Crippen molar-refractivity contribution in [3.8, 4) is 0 Å². The fourth-order valence-corrected chi connectivity index (χ4v) is 5.21. The summed E-state index contributed by atoms with van der Waals surface area (Å²) >= 11 is 0. The first-order valence-corrected chi connectivity index (χ1v) is 8.31. The van der Waals surface area contributed by atoms with Crippen LogP contribution in [0.4, 0.5) is 11.4 Å². The Morgan fingerprint density at radius 1 is 0.905 bits per heavy atom. The first kappa shape index (κ1) is 13.2. The molecular weight excluding hydrogens is 260 g/mol. The zero-order valence-electron chi connectivity index (χ0n) is 12.6. The van der Waals surface area contributed by atoms with Crippen molar-refractivity contribution in [1.29, 1.82) is 0 Å². The summed E-state index contributed by atoms with van der Waals surface area (Å²) in [5.41, 5.74) is 2.07. The van der Waals surface area contributed by atoms with Gasteiger partial charge in [0, 0.05) is 24.3 Å². The Bertz CT molecular complexity index is 509. The summed E-state index contributed by atoms with van der Waals surface area (Å²) < 4.78 is 0. The second-order valence-corrected chi connectivity index (χ2v) is 7.36. The van der Waals surface area contributed by atoms with Gasteiger partial charge < -0.3 is 10.6 Å². The second-order valence-electron chi connectivity index (χ2n) is 7.36. The maximum Gasteiger partial charge on any atom is 0.221 e. The van der Waals surface area contributed by atoms with Crippen LogP contribution in [0.5, 0.6) is 0 Å². The Morgan fingerprint density at radius 3 is 1.95 bits per heavy atom. The van der Waals surface area contributed by atoms with E-state index in [9.17, 15) is 4.79 Å². The van der Waals surface area contributed by atoms with Crippen LogP contribution in [0, 0.1) is 23.7 Å². The first-order chi connectivity index (χ1) is 10.2. The molecule has 1 aromatic rings. The average Bonchev–Trinajstić information content (AvgIpc) is 2.43. The molecule has 1 amide bonds. The molecule has 4 fully saturated rings. The topological polar surface area (TPSA) is 41.1 Å². The third-order valence-corrected chi connectivity index (χ3v) is 5.77. The van der Waals surface area contributed by atoms with Gasteiger partial charge in [0.15, 0.2) is 0 Å². The fourth-order valence-electron chi connectivity index (χ4n) is 5.21. The highest BCUT2D eigenvalue weighted by Crippen LogP contribution is 2.54.